The number of para-hydroxylation sites is 1. The number of hydrogen-bond acceptors (Lipinski definition) is 2. The molecule has 12 heavy (non-hydrogen) atoms. The van der Waals surface area contributed by atoms with Crippen molar-refractivity contribution in [2.45, 2.75) is 6.92 Å². The number of rotatable bonds is 0. The summed E-state index contributed by atoms with van der Waals surface area (Å²) in [5, 5.41) is 9.48. The van der Waals surface area contributed by atoms with Crippen molar-refractivity contribution in [1.82, 2.24) is 0 Å². The molecule has 0 spiro atoms. The van der Waals surface area contributed by atoms with Crippen LogP contribution >= 0.6 is 0 Å². The van der Waals surface area contributed by atoms with E-state index in [9.17, 15) is 5.11 Å². The maximum atomic E-state index is 9.48. The fraction of sp³-hybridized carbons (Fsp3) is 0.200. The second-order valence-corrected chi connectivity index (χ2v) is 2.48. The highest BCUT2D eigenvalue weighted by atomic mass is 16.3. The van der Waals surface area contributed by atoms with Gasteiger partial charge in [-0.25, -0.2) is 0 Å². The van der Waals surface area contributed by atoms with Crippen molar-refractivity contribution in [2.24, 2.45) is 5.73 Å². The van der Waals surface area contributed by atoms with Crippen molar-refractivity contribution in [3.63, 3.8) is 0 Å². The molecule has 0 aliphatic heterocycles. The molecule has 0 unspecified atom stereocenters. The van der Waals surface area contributed by atoms with Crippen LogP contribution in [0.2, 0.25) is 0 Å². The molecule has 0 heterocycles. The van der Waals surface area contributed by atoms with Crippen LogP contribution in [-0.4, -0.2) is 11.7 Å². The Labute approximate surface area is 72.0 Å². The quantitative estimate of drug-likeness (QED) is 0.558. The summed E-state index contributed by atoms with van der Waals surface area (Å²) in [6.07, 6.45) is 0. The molecule has 0 saturated carbocycles. The van der Waals surface area contributed by atoms with Crippen molar-refractivity contribution in [1.29, 1.82) is 0 Å². The molecule has 1 aromatic rings. The van der Waals surface area contributed by atoms with Gasteiger partial charge in [0, 0.05) is 0 Å². The zero-order chi connectivity index (χ0) is 8.97. The Hall–Kier alpha value is -1.46. The van der Waals surface area contributed by atoms with Crippen molar-refractivity contribution >= 4 is 0 Å². The van der Waals surface area contributed by atoms with E-state index in [1.807, 2.05) is 19.1 Å². The molecule has 0 amide bonds. The molecule has 2 heteroatoms. The molecule has 3 N–H and O–H groups in total. The van der Waals surface area contributed by atoms with Crippen LogP contribution in [0.15, 0.2) is 18.2 Å². The van der Waals surface area contributed by atoms with Gasteiger partial charge in [0.2, 0.25) is 0 Å². The van der Waals surface area contributed by atoms with Crippen LogP contribution in [0.5, 0.6) is 5.75 Å². The molecule has 0 saturated heterocycles. The minimum absolute atomic E-state index is 0.249. The molecule has 0 bridgehead atoms. The maximum absolute atomic E-state index is 9.48. The lowest BCUT2D eigenvalue weighted by atomic mass is 10.1. The van der Waals surface area contributed by atoms with E-state index in [-0.39, 0.29) is 5.75 Å². The molecule has 0 aliphatic rings. The third kappa shape index (κ3) is 1.77. The monoisotopic (exact) mass is 161 g/mol. The first-order valence-electron chi connectivity index (χ1n) is 3.73. The maximum Gasteiger partial charge on any atom is 0.134 e. The van der Waals surface area contributed by atoms with Gasteiger partial charge in [-0.15, -0.1) is 0 Å². The molecule has 0 aromatic heterocycles. The molecule has 0 atom stereocenters. The molecule has 1 aromatic carbocycles. The second-order valence-electron chi connectivity index (χ2n) is 2.48. The fourth-order valence-electron chi connectivity index (χ4n) is 0.906. The molecular weight excluding hydrogens is 150 g/mol. The second kappa shape index (κ2) is 3.80. The number of phenolic OH excluding ortho intramolecular Hbond substituents is 1. The van der Waals surface area contributed by atoms with E-state index < -0.39 is 0 Å². The summed E-state index contributed by atoms with van der Waals surface area (Å²) in [7, 11) is 0. The van der Waals surface area contributed by atoms with Crippen LogP contribution in [0.25, 0.3) is 0 Å². The van der Waals surface area contributed by atoms with E-state index in [0.717, 1.165) is 5.56 Å². The first kappa shape index (κ1) is 8.63. The third-order valence-electron chi connectivity index (χ3n) is 1.56. The standard InChI is InChI=1S/C10H11NO/c1-8-4-2-5-9(10(8)12)6-3-7-11/h2,4-5,12H,7,11H2,1H3. The lowest BCUT2D eigenvalue weighted by Gasteiger charge is -1.99. The van der Waals surface area contributed by atoms with Gasteiger partial charge < -0.3 is 10.8 Å². The fourth-order valence-corrected chi connectivity index (χ4v) is 0.906. The number of nitrogens with two attached hydrogens (primary N) is 1. The average Bonchev–Trinajstić information content (AvgIpc) is 2.08. The van der Waals surface area contributed by atoms with Crippen LogP contribution < -0.4 is 5.73 Å². The van der Waals surface area contributed by atoms with Crippen molar-refractivity contribution in [3.05, 3.63) is 29.3 Å². The topological polar surface area (TPSA) is 46.2 Å². The van der Waals surface area contributed by atoms with E-state index in [0.29, 0.717) is 12.1 Å². The molecule has 1 rings (SSSR count). The molecule has 0 aliphatic carbocycles. The predicted molar refractivity (Wildman–Crippen MR) is 48.8 cm³/mol. The minimum Gasteiger partial charge on any atom is -0.506 e. The Kier molecular flexibility index (Phi) is 2.73. The summed E-state index contributed by atoms with van der Waals surface area (Å²) in [4.78, 5) is 0. The molecule has 2 nitrogen and oxygen atoms in total. The highest BCUT2D eigenvalue weighted by molar-refractivity contribution is 5.49. The van der Waals surface area contributed by atoms with Gasteiger partial charge in [0.15, 0.2) is 0 Å². The van der Waals surface area contributed by atoms with Crippen molar-refractivity contribution in [2.75, 3.05) is 6.54 Å². The van der Waals surface area contributed by atoms with Crippen LogP contribution in [0.1, 0.15) is 11.1 Å². The van der Waals surface area contributed by atoms with Gasteiger partial charge in [0.1, 0.15) is 5.75 Å². The van der Waals surface area contributed by atoms with Crippen LogP contribution in [-0.2, 0) is 0 Å². The van der Waals surface area contributed by atoms with Gasteiger partial charge in [0.05, 0.1) is 12.1 Å². The predicted octanol–water partition coefficient (Wildman–Crippen LogP) is 1.01. The highest BCUT2D eigenvalue weighted by Crippen LogP contribution is 2.19. The summed E-state index contributed by atoms with van der Waals surface area (Å²) < 4.78 is 0. The van der Waals surface area contributed by atoms with E-state index in [2.05, 4.69) is 11.8 Å². The van der Waals surface area contributed by atoms with Crippen LogP contribution in [0.4, 0.5) is 0 Å². The smallest absolute Gasteiger partial charge is 0.134 e. The first-order chi connectivity index (χ1) is 5.75. The Morgan fingerprint density at radius 1 is 1.50 bits per heavy atom. The SMILES string of the molecule is Cc1cccc(C#CCN)c1O. The zero-order valence-electron chi connectivity index (χ0n) is 6.96. The largest absolute Gasteiger partial charge is 0.506 e. The lowest BCUT2D eigenvalue weighted by molar-refractivity contribution is 0.469. The van der Waals surface area contributed by atoms with Crippen molar-refractivity contribution < 1.29 is 5.11 Å². The summed E-state index contributed by atoms with van der Waals surface area (Å²) in [5.41, 5.74) is 6.68. The lowest BCUT2D eigenvalue weighted by Crippen LogP contribution is -1.93. The van der Waals surface area contributed by atoms with Gasteiger partial charge in [-0.2, -0.15) is 0 Å². The molecule has 0 fully saturated rings. The van der Waals surface area contributed by atoms with Gasteiger partial charge >= 0.3 is 0 Å². The summed E-state index contributed by atoms with van der Waals surface area (Å²) in [6, 6.07) is 5.46. The van der Waals surface area contributed by atoms with Gasteiger partial charge in [0.25, 0.3) is 0 Å². The average molecular weight is 161 g/mol. The molecule has 0 radical (unpaired) electrons. The molecule has 62 valence electrons. The van der Waals surface area contributed by atoms with E-state index >= 15 is 0 Å². The van der Waals surface area contributed by atoms with E-state index in [4.69, 9.17) is 5.73 Å². The van der Waals surface area contributed by atoms with E-state index in [1.165, 1.54) is 0 Å². The Morgan fingerprint density at radius 3 is 2.92 bits per heavy atom. The summed E-state index contributed by atoms with van der Waals surface area (Å²) in [6.45, 7) is 2.15. The summed E-state index contributed by atoms with van der Waals surface area (Å²) >= 11 is 0. The van der Waals surface area contributed by atoms with Gasteiger partial charge in [-0.3, -0.25) is 0 Å². The van der Waals surface area contributed by atoms with E-state index in [1.54, 1.807) is 6.07 Å². The van der Waals surface area contributed by atoms with Crippen LogP contribution in [0, 0.1) is 18.8 Å². The number of benzene rings is 1. The van der Waals surface area contributed by atoms with Gasteiger partial charge in [-0.05, 0) is 18.6 Å². The third-order valence-corrected chi connectivity index (χ3v) is 1.56. The van der Waals surface area contributed by atoms with Gasteiger partial charge in [-0.1, -0.05) is 24.0 Å². The highest BCUT2D eigenvalue weighted by Gasteiger charge is 1.98. The number of hydrogen-bond donors (Lipinski definition) is 2. The Bertz CT molecular complexity index is 333. The number of aromatic hydroxyl groups is 1. The van der Waals surface area contributed by atoms with Crippen LogP contribution in [0.3, 0.4) is 0 Å². The van der Waals surface area contributed by atoms with Crippen molar-refractivity contribution in [3.8, 4) is 17.6 Å². The number of phenols is 1. The zero-order valence-corrected chi connectivity index (χ0v) is 6.96. The summed E-state index contributed by atoms with van der Waals surface area (Å²) in [5.74, 6) is 5.73. The first-order valence-corrected chi connectivity index (χ1v) is 3.73. The normalized spacial score (nSPS) is 8.83. The molecular formula is C10H11NO. The Morgan fingerprint density at radius 2 is 2.25 bits per heavy atom. The number of aryl methyl sites for hydroxylation is 1. The minimum atomic E-state index is 0.249. The Balaban J connectivity index is 3.08.